The van der Waals surface area contributed by atoms with E-state index in [4.69, 9.17) is 50.0 Å². The number of ether oxygens (including phenoxy) is 2. The van der Waals surface area contributed by atoms with Crippen molar-refractivity contribution in [2.75, 3.05) is 18.8 Å². The van der Waals surface area contributed by atoms with Gasteiger partial charge in [0.25, 0.3) is 0 Å². The fraction of sp³-hybridized carbons (Fsp3) is 0.280. The highest BCUT2D eigenvalue weighted by Gasteiger charge is 2.44. The molecule has 1 aliphatic heterocycles. The minimum Gasteiger partial charge on any atom is -0.399 e. The minimum absolute atomic E-state index is 0.222. The summed E-state index contributed by atoms with van der Waals surface area (Å²) in [5, 5.41) is 5.16. The predicted molar refractivity (Wildman–Crippen MR) is 131 cm³/mol. The topological polar surface area (TPSA) is 56.5 Å². The van der Waals surface area contributed by atoms with Crippen molar-refractivity contribution in [3.8, 4) is 0 Å². The third-order valence-corrected chi connectivity index (χ3v) is 6.76. The van der Waals surface area contributed by atoms with Crippen LogP contribution in [0.4, 0.5) is 5.69 Å². The maximum atomic E-state index is 6.67. The highest BCUT2D eigenvalue weighted by Crippen LogP contribution is 2.39. The molecule has 0 bridgehead atoms. The number of benzene rings is 3. The summed E-state index contributed by atoms with van der Waals surface area (Å²) in [5.74, 6) is 0. The number of rotatable bonds is 7. The number of anilines is 1. The molecule has 1 saturated heterocycles. The smallest absolute Gasteiger partial charge is 0.122 e. The second kappa shape index (κ2) is 10.4. The average molecular weight is 492 g/mol. The number of piperidine rings is 1. The fourth-order valence-electron chi connectivity index (χ4n) is 3.99. The van der Waals surface area contributed by atoms with Crippen LogP contribution in [0, 0.1) is 0 Å². The van der Waals surface area contributed by atoms with Crippen molar-refractivity contribution in [3.63, 3.8) is 0 Å². The zero-order valence-electron chi connectivity index (χ0n) is 17.5. The van der Waals surface area contributed by atoms with Crippen molar-refractivity contribution in [2.24, 2.45) is 0 Å². The highest BCUT2D eigenvalue weighted by molar-refractivity contribution is 6.42. The van der Waals surface area contributed by atoms with Crippen molar-refractivity contribution in [3.05, 3.63) is 98.5 Å². The van der Waals surface area contributed by atoms with Crippen LogP contribution in [0.25, 0.3) is 0 Å². The molecule has 0 amide bonds. The molecular formula is C25H25Cl3N2O2. The van der Waals surface area contributed by atoms with E-state index in [-0.39, 0.29) is 6.10 Å². The van der Waals surface area contributed by atoms with Crippen LogP contribution in [0.2, 0.25) is 15.1 Å². The van der Waals surface area contributed by atoms with Crippen molar-refractivity contribution < 1.29 is 9.47 Å². The maximum Gasteiger partial charge on any atom is 0.122 e. The molecule has 0 saturated carbocycles. The third kappa shape index (κ3) is 5.40. The van der Waals surface area contributed by atoms with Crippen LogP contribution in [0.15, 0.2) is 66.7 Å². The molecule has 1 heterocycles. The molecule has 4 rings (SSSR count). The van der Waals surface area contributed by atoms with Gasteiger partial charge in [-0.05, 0) is 66.1 Å². The molecule has 0 spiro atoms. The van der Waals surface area contributed by atoms with Gasteiger partial charge in [0.1, 0.15) is 11.7 Å². The summed E-state index contributed by atoms with van der Waals surface area (Å²) in [6.45, 7) is 2.31. The Morgan fingerprint density at radius 1 is 0.875 bits per heavy atom. The van der Waals surface area contributed by atoms with E-state index in [0.29, 0.717) is 34.8 Å². The Balaban J connectivity index is 1.60. The molecule has 0 aliphatic carbocycles. The first kappa shape index (κ1) is 23.4. The quantitative estimate of drug-likeness (QED) is 0.385. The first-order valence-corrected chi connectivity index (χ1v) is 11.6. The number of hydrogen-bond donors (Lipinski definition) is 2. The van der Waals surface area contributed by atoms with Crippen LogP contribution in [-0.2, 0) is 28.3 Å². The van der Waals surface area contributed by atoms with E-state index in [1.807, 2.05) is 60.7 Å². The van der Waals surface area contributed by atoms with Crippen LogP contribution < -0.4 is 11.1 Å². The molecule has 4 nitrogen and oxygen atoms in total. The second-order valence-electron chi connectivity index (χ2n) is 7.93. The zero-order valence-corrected chi connectivity index (χ0v) is 19.8. The van der Waals surface area contributed by atoms with Crippen molar-refractivity contribution >= 4 is 40.5 Å². The van der Waals surface area contributed by atoms with E-state index >= 15 is 0 Å². The fourth-order valence-corrected chi connectivity index (χ4v) is 4.44. The van der Waals surface area contributed by atoms with Gasteiger partial charge in [-0.25, -0.2) is 0 Å². The summed E-state index contributed by atoms with van der Waals surface area (Å²) in [6.07, 6.45) is 0.538. The Morgan fingerprint density at radius 3 is 2.31 bits per heavy atom. The molecule has 1 fully saturated rings. The van der Waals surface area contributed by atoms with Gasteiger partial charge in [-0.15, -0.1) is 0 Å². The van der Waals surface area contributed by atoms with Gasteiger partial charge in [-0.2, -0.15) is 0 Å². The predicted octanol–water partition coefficient (Wildman–Crippen LogP) is 6.22. The van der Waals surface area contributed by atoms with Crippen LogP contribution >= 0.6 is 34.8 Å². The molecule has 2 unspecified atom stereocenters. The lowest BCUT2D eigenvalue weighted by molar-refractivity contribution is -0.176. The van der Waals surface area contributed by atoms with Crippen LogP contribution in [-0.4, -0.2) is 19.2 Å². The number of nitrogens with two attached hydrogens (primary N) is 1. The molecule has 7 heteroatoms. The van der Waals surface area contributed by atoms with Crippen LogP contribution in [0.1, 0.15) is 23.1 Å². The standard InChI is InChI=1S/C25H25Cl3N2O2/c26-20-6-4-19(5-7-20)25(32-16-17-1-8-21(29)9-2-17)11-12-30-14-24(25)31-15-18-3-10-22(27)23(28)13-18/h1-10,13,24,30H,11-12,14-16,29H2. The summed E-state index contributed by atoms with van der Waals surface area (Å²) in [4.78, 5) is 0. The van der Waals surface area contributed by atoms with E-state index in [2.05, 4.69) is 5.32 Å². The molecule has 3 aromatic carbocycles. The SMILES string of the molecule is Nc1ccc(COC2(c3ccc(Cl)cc3)CCNCC2OCc2ccc(Cl)c(Cl)c2)cc1. The lowest BCUT2D eigenvalue weighted by Gasteiger charge is -2.44. The van der Waals surface area contributed by atoms with Gasteiger partial charge in [0.05, 0.1) is 23.3 Å². The van der Waals surface area contributed by atoms with Crippen LogP contribution in [0.5, 0.6) is 0 Å². The maximum absolute atomic E-state index is 6.67. The highest BCUT2D eigenvalue weighted by atomic mass is 35.5. The molecule has 0 radical (unpaired) electrons. The molecule has 0 aromatic heterocycles. The summed E-state index contributed by atoms with van der Waals surface area (Å²) >= 11 is 18.4. The lowest BCUT2D eigenvalue weighted by atomic mass is 9.82. The number of nitrogens with one attached hydrogen (secondary N) is 1. The van der Waals surface area contributed by atoms with Gasteiger partial charge in [0, 0.05) is 17.3 Å². The van der Waals surface area contributed by atoms with E-state index in [1.165, 1.54) is 0 Å². The Bertz CT molecular complexity index is 1040. The minimum atomic E-state index is -0.632. The molecule has 3 aromatic rings. The lowest BCUT2D eigenvalue weighted by Crippen LogP contribution is -2.54. The Labute approximate surface area is 203 Å². The monoisotopic (exact) mass is 490 g/mol. The van der Waals surface area contributed by atoms with Gasteiger partial charge in [-0.3, -0.25) is 0 Å². The molecular weight excluding hydrogens is 467 g/mol. The first-order valence-electron chi connectivity index (χ1n) is 10.5. The van der Waals surface area contributed by atoms with Gasteiger partial charge in [-0.1, -0.05) is 65.1 Å². The van der Waals surface area contributed by atoms with Crippen molar-refractivity contribution in [1.82, 2.24) is 5.32 Å². The average Bonchev–Trinajstić information content (AvgIpc) is 2.80. The molecule has 2 atom stereocenters. The van der Waals surface area contributed by atoms with Gasteiger partial charge in [0.2, 0.25) is 0 Å². The summed E-state index contributed by atoms with van der Waals surface area (Å²) in [5.41, 5.74) is 8.97. The number of hydrogen-bond acceptors (Lipinski definition) is 4. The van der Waals surface area contributed by atoms with Crippen molar-refractivity contribution in [1.29, 1.82) is 0 Å². The Morgan fingerprint density at radius 2 is 1.59 bits per heavy atom. The van der Waals surface area contributed by atoms with E-state index in [0.717, 1.165) is 35.3 Å². The third-order valence-electron chi connectivity index (χ3n) is 5.77. The van der Waals surface area contributed by atoms with E-state index in [9.17, 15) is 0 Å². The van der Waals surface area contributed by atoms with E-state index in [1.54, 1.807) is 6.07 Å². The van der Waals surface area contributed by atoms with Gasteiger partial charge < -0.3 is 20.5 Å². The Hall–Kier alpha value is -1.79. The number of halogens is 3. The second-order valence-corrected chi connectivity index (χ2v) is 9.18. The van der Waals surface area contributed by atoms with E-state index < -0.39 is 5.60 Å². The van der Waals surface area contributed by atoms with Gasteiger partial charge in [0.15, 0.2) is 0 Å². The molecule has 168 valence electrons. The summed E-state index contributed by atoms with van der Waals surface area (Å²) in [7, 11) is 0. The van der Waals surface area contributed by atoms with Crippen molar-refractivity contribution in [2.45, 2.75) is 31.3 Å². The van der Waals surface area contributed by atoms with Gasteiger partial charge >= 0.3 is 0 Å². The first-order chi connectivity index (χ1) is 15.5. The largest absolute Gasteiger partial charge is 0.399 e. The van der Waals surface area contributed by atoms with Crippen LogP contribution in [0.3, 0.4) is 0 Å². The molecule has 1 aliphatic rings. The molecule has 32 heavy (non-hydrogen) atoms. The normalized spacial score (nSPS) is 20.9. The Kier molecular flexibility index (Phi) is 7.62. The summed E-state index contributed by atoms with van der Waals surface area (Å²) in [6, 6.07) is 21.1. The molecule has 3 N–H and O–H groups in total. The number of nitrogen functional groups attached to an aromatic ring is 1. The summed E-state index contributed by atoms with van der Waals surface area (Å²) < 4.78 is 13.1. The zero-order chi connectivity index (χ0) is 22.6.